The fourth-order valence-corrected chi connectivity index (χ4v) is 2.43. The average molecular weight is 407 g/mol. The summed E-state index contributed by atoms with van der Waals surface area (Å²) in [5.74, 6) is 0. The van der Waals surface area contributed by atoms with Crippen molar-refractivity contribution >= 4 is 11.3 Å². The molecule has 4 aromatic rings. The minimum atomic E-state index is 1.25. The Labute approximate surface area is 178 Å². The van der Waals surface area contributed by atoms with Crippen molar-refractivity contribution in [3.8, 4) is 0 Å². The minimum absolute atomic E-state index is 1.25. The summed E-state index contributed by atoms with van der Waals surface area (Å²) in [7, 11) is 0. The molecule has 152 valence electrons. The highest BCUT2D eigenvalue weighted by Gasteiger charge is 1.93. The maximum atomic E-state index is 3.78. The van der Waals surface area contributed by atoms with Crippen LogP contribution in [0.3, 0.4) is 0 Å². The lowest BCUT2D eigenvalue weighted by atomic mass is 10.2. The van der Waals surface area contributed by atoms with Gasteiger partial charge in [-0.05, 0) is 61.0 Å². The van der Waals surface area contributed by atoms with E-state index in [4.69, 9.17) is 0 Å². The van der Waals surface area contributed by atoms with Crippen LogP contribution >= 0.6 is 11.3 Å². The van der Waals surface area contributed by atoms with Crippen molar-refractivity contribution in [3.05, 3.63) is 114 Å². The second-order valence-corrected chi connectivity index (χ2v) is 6.51. The van der Waals surface area contributed by atoms with Crippen LogP contribution in [0.1, 0.15) is 19.3 Å². The number of hydrogen-bond donors (Lipinski definition) is 1. The summed E-state index contributed by atoms with van der Waals surface area (Å²) in [5, 5.41) is 14.4. The molecule has 0 radical (unpaired) electrons. The molecule has 4 nitrogen and oxygen atoms in total. The molecule has 0 bridgehead atoms. The number of aromatic nitrogens is 3. The van der Waals surface area contributed by atoms with Crippen LogP contribution in [0.25, 0.3) is 0 Å². The van der Waals surface area contributed by atoms with Crippen molar-refractivity contribution in [3.63, 3.8) is 0 Å². The molecule has 0 spiro atoms. The SMILES string of the molecule is C1CCNCC1.c1ccccc1.c1ccncc1.c1ccnnc1.c1ccsc1. The van der Waals surface area contributed by atoms with E-state index in [1.165, 1.54) is 32.4 Å². The largest absolute Gasteiger partial charge is 0.317 e. The van der Waals surface area contributed by atoms with Gasteiger partial charge >= 0.3 is 0 Å². The summed E-state index contributed by atoms with van der Waals surface area (Å²) in [6, 6.07) is 25.4. The number of benzene rings is 1. The van der Waals surface area contributed by atoms with Gasteiger partial charge in [-0.25, -0.2) is 0 Å². The molecule has 1 fully saturated rings. The standard InChI is InChI=1S/C6H6.C5H11N.C5H5N.C4H4N2.C4H4S/c4*1-2-4-6-5-3-1;1-2-4-5-3-1/h1-6H;6H,1-5H2;1-5H;1-4H;1-4H. The Hall–Kier alpha value is -2.89. The first-order chi connectivity index (χ1) is 14.5. The van der Waals surface area contributed by atoms with Crippen LogP contribution in [0.15, 0.2) is 114 Å². The molecule has 0 amide bonds. The summed E-state index contributed by atoms with van der Waals surface area (Å²) < 4.78 is 0. The summed E-state index contributed by atoms with van der Waals surface area (Å²) >= 11 is 1.71. The van der Waals surface area contributed by atoms with Gasteiger partial charge < -0.3 is 5.32 Å². The lowest BCUT2D eigenvalue weighted by molar-refractivity contribution is 0.520. The van der Waals surface area contributed by atoms with E-state index >= 15 is 0 Å². The lowest BCUT2D eigenvalue weighted by Crippen LogP contribution is -2.21. The first-order valence-corrected chi connectivity index (χ1v) is 10.7. The number of pyridine rings is 1. The number of rotatable bonds is 0. The molecule has 0 aliphatic carbocycles. The Morgan fingerprint density at radius 1 is 0.483 bits per heavy atom. The molecule has 1 aliphatic rings. The molecule has 1 aromatic carbocycles. The summed E-state index contributed by atoms with van der Waals surface area (Å²) in [5.41, 5.74) is 0. The molecule has 29 heavy (non-hydrogen) atoms. The van der Waals surface area contributed by atoms with Crippen LogP contribution < -0.4 is 5.32 Å². The van der Waals surface area contributed by atoms with Crippen LogP contribution in [0.5, 0.6) is 0 Å². The van der Waals surface area contributed by atoms with Crippen molar-refractivity contribution in [1.82, 2.24) is 20.5 Å². The zero-order chi connectivity index (χ0) is 20.5. The van der Waals surface area contributed by atoms with E-state index in [1.54, 1.807) is 36.1 Å². The van der Waals surface area contributed by atoms with E-state index in [-0.39, 0.29) is 0 Å². The summed E-state index contributed by atoms with van der Waals surface area (Å²) in [6.07, 6.45) is 11.0. The van der Waals surface area contributed by atoms with E-state index in [2.05, 4.69) is 20.5 Å². The number of nitrogens with one attached hydrogen (secondary N) is 1. The highest BCUT2D eigenvalue weighted by molar-refractivity contribution is 7.07. The molecule has 0 saturated carbocycles. The van der Waals surface area contributed by atoms with Crippen LogP contribution in [0, 0.1) is 0 Å². The molecule has 0 atom stereocenters. The molecular weight excluding hydrogens is 376 g/mol. The van der Waals surface area contributed by atoms with Crippen LogP contribution in [0.2, 0.25) is 0 Å². The van der Waals surface area contributed by atoms with Gasteiger partial charge in [-0.2, -0.15) is 21.5 Å². The van der Waals surface area contributed by atoms with Gasteiger partial charge in [0.25, 0.3) is 0 Å². The fraction of sp³-hybridized carbons (Fsp3) is 0.208. The molecule has 5 rings (SSSR count). The lowest BCUT2D eigenvalue weighted by Gasteiger charge is -2.08. The maximum Gasteiger partial charge on any atom is 0.0496 e. The minimum Gasteiger partial charge on any atom is -0.317 e. The van der Waals surface area contributed by atoms with E-state index in [0.717, 1.165) is 0 Å². The monoisotopic (exact) mass is 406 g/mol. The maximum absolute atomic E-state index is 3.78. The van der Waals surface area contributed by atoms with Crippen molar-refractivity contribution < 1.29 is 0 Å². The number of piperidine rings is 1. The number of nitrogens with zero attached hydrogens (tertiary/aromatic N) is 3. The van der Waals surface area contributed by atoms with Gasteiger partial charge in [0, 0.05) is 24.8 Å². The Morgan fingerprint density at radius 3 is 1.10 bits per heavy atom. The van der Waals surface area contributed by atoms with E-state index < -0.39 is 0 Å². The first kappa shape index (κ1) is 24.1. The summed E-state index contributed by atoms with van der Waals surface area (Å²) in [6.45, 7) is 2.50. The van der Waals surface area contributed by atoms with Crippen LogP contribution in [-0.4, -0.2) is 28.3 Å². The number of thiophene rings is 1. The second kappa shape index (κ2) is 21.4. The van der Waals surface area contributed by atoms with Gasteiger partial charge in [0.1, 0.15) is 0 Å². The predicted molar refractivity (Wildman–Crippen MR) is 124 cm³/mol. The van der Waals surface area contributed by atoms with Crippen molar-refractivity contribution in [1.29, 1.82) is 0 Å². The Morgan fingerprint density at radius 2 is 0.931 bits per heavy atom. The first-order valence-electron chi connectivity index (χ1n) is 9.74. The van der Waals surface area contributed by atoms with Crippen molar-refractivity contribution in [2.45, 2.75) is 19.3 Å². The summed E-state index contributed by atoms with van der Waals surface area (Å²) in [4.78, 5) is 3.78. The molecular formula is C24H30N4S. The van der Waals surface area contributed by atoms with E-state index in [0.29, 0.717) is 0 Å². The predicted octanol–water partition coefficient (Wildman–Crippen LogP) is 5.75. The third-order valence-corrected chi connectivity index (χ3v) is 3.98. The van der Waals surface area contributed by atoms with Crippen LogP contribution in [0.4, 0.5) is 0 Å². The normalized spacial score (nSPS) is 11.3. The molecule has 0 unspecified atom stereocenters. The van der Waals surface area contributed by atoms with Gasteiger partial charge in [-0.3, -0.25) is 4.98 Å². The number of hydrogen-bond acceptors (Lipinski definition) is 5. The topological polar surface area (TPSA) is 50.7 Å². The van der Waals surface area contributed by atoms with Gasteiger partial charge in [-0.1, -0.05) is 61.0 Å². The van der Waals surface area contributed by atoms with E-state index in [1.807, 2.05) is 89.6 Å². The van der Waals surface area contributed by atoms with Gasteiger partial charge in [-0.15, -0.1) is 0 Å². The van der Waals surface area contributed by atoms with Gasteiger partial charge in [0.15, 0.2) is 0 Å². The van der Waals surface area contributed by atoms with Crippen molar-refractivity contribution in [2.24, 2.45) is 0 Å². The van der Waals surface area contributed by atoms with Gasteiger partial charge in [0.05, 0.1) is 0 Å². The highest BCUT2D eigenvalue weighted by atomic mass is 32.1. The fourth-order valence-electron chi connectivity index (χ4n) is 1.98. The Bertz CT molecular complexity index is 535. The highest BCUT2D eigenvalue weighted by Crippen LogP contribution is 1.96. The second-order valence-electron chi connectivity index (χ2n) is 5.70. The molecule has 5 heteroatoms. The Balaban J connectivity index is 0.000000182. The molecule has 1 aliphatic heterocycles. The van der Waals surface area contributed by atoms with Crippen molar-refractivity contribution in [2.75, 3.05) is 13.1 Å². The average Bonchev–Trinajstić information content (AvgIpc) is 3.45. The van der Waals surface area contributed by atoms with E-state index in [9.17, 15) is 0 Å². The smallest absolute Gasteiger partial charge is 0.0496 e. The zero-order valence-corrected chi connectivity index (χ0v) is 17.6. The quantitative estimate of drug-likeness (QED) is 0.404. The van der Waals surface area contributed by atoms with Crippen LogP contribution in [-0.2, 0) is 0 Å². The molecule has 3 aromatic heterocycles. The van der Waals surface area contributed by atoms with Gasteiger partial charge in [0.2, 0.25) is 0 Å². The molecule has 4 heterocycles. The zero-order valence-electron chi connectivity index (χ0n) is 16.8. The third-order valence-electron chi connectivity index (χ3n) is 3.35. The Kier molecular flexibility index (Phi) is 17.8. The molecule has 1 N–H and O–H groups in total. The molecule has 1 saturated heterocycles. The third kappa shape index (κ3) is 19.7.